The molecule has 3 aliphatic rings. The number of carbonyl (C=O) groups is 2. The van der Waals surface area contributed by atoms with Gasteiger partial charge in [0, 0.05) is 19.4 Å². The Balaban J connectivity index is 1.77. The van der Waals surface area contributed by atoms with Gasteiger partial charge >= 0.3 is 11.9 Å². The molecule has 31 heavy (non-hydrogen) atoms. The van der Waals surface area contributed by atoms with Crippen LogP contribution < -0.4 is 0 Å². The Morgan fingerprint density at radius 3 is 2.65 bits per heavy atom. The van der Waals surface area contributed by atoms with E-state index in [4.69, 9.17) is 18.6 Å². The molecule has 7 heteroatoms. The fourth-order valence-corrected chi connectivity index (χ4v) is 6.72. The number of hydrogen-bond acceptors (Lipinski definition) is 7. The molecule has 0 radical (unpaired) electrons. The lowest BCUT2D eigenvalue weighted by molar-refractivity contribution is -0.232. The van der Waals surface area contributed by atoms with E-state index in [0.29, 0.717) is 19.4 Å². The zero-order valence-electron chi connectivity index (χ0n) is 18.9. The highest BCUT2D eigenvalue weighted by atomic mass is 16.6. The molecular formula is C24H34O7. The van der Waals surface area contributed by atoms with E-state index >= 15 is 0 Å². The van der Waals surface area contributed by atoms with Crippen LogP contribution in [0.5, 0.6) is 0 Å². The van der Waals surface area contributed by atoms with Crippen molar-refractivity contribution >= 4 is 11.9 Å². The van der Waals surface area contributed by atoms with E-state index < -0.39 is 23.2 Å². The molecule has 7 nitrogen and oxygen atoms in total. The van der Waals surface area contributed by atoms with E-state index in [1.807, 2.05) is 0 Å². The summed E-state index contributed by atoms with van der Waals surface area (Å²) in [5.41, 5.74) is -0.588. The molecule has 7 unspecified atom stereocenters. The summed E-state index contributed by atoms with van der Waals surface area (Å²) in [6.45, 7) is 7.97. The van der Waals surface area contributed by atoms with Crippen LogP contribution in [0.3, 0.4) is 0 Å². The van der Waals surface area contributed by atoms with Gasteiger partial charge in [0.05, 0.1) is 30.7 Å². The zero-order chi connectivity index (χ0) is 22.4. The highest BCUT2D eigenvalue weighted by Gasteiger charge is 2.75. The summed E-state index contributed by atoms with van der Waals surface area (Å²) in [6.07, 6.45) is 6.03. The Hall–Kier alpha value is -1.86. The number of ether oxygens (including phenoxy) is 3. The van der Waals surface area contributed by atoms with Crippen LogP contribution in [0.2, 0.25) is 0 Å². The third-order valence-electron chi connectivity index (χ3n) is 8.48. The first-order chi connectivity index (χ1) is 14.6. The van der Waals surface area contributed by atoms with Crippen molar-refractivity contribution in [3.8, 4) is 0 Å². The maximum absolute atomic E-state index is 12.1. The fourth-order valence-electron chi connectivity index (χ4n) is 6.72. The molecule has 1 saturated heterocycles. The van der Waals surface area contributed by atoms with Gasteiger partial charge in [-0.3, -0.25) is 9.59 Å². The molecule has 0 bridgehead atoms. The molecule has 1 spiro atoms. The van der Waals surface area contributed by atoms with E-state index in [9.17, 15) is 14.7 Å². The second-order valence-corrected chi connectivity index (χ2v) is 10.1. The number of fused-ring (bicyclic) bond motifs is 2. The van der Waals surface area contributed by atoms with E-state index in [2.05, 4.69) is 13.8 Å². The minimum Gasteiger partial charge on any atom is -0.472 e. The lowest BCUT2D eigenvalue weighted by Crippen LogP contribution is -2.67. The summed E-state index contributed by atoms with van der Waals surface area (Å²) in [5.74, 6) is -0.440. The Morgan fingerprint density at radius 1 is 1.32 bits per heavy atom. The van der Waals surface area contributed by atoms with Crippen LogP contribution in [0.4, 0.5) is 0 Å². The topological polar surface area (TPSA) is 98.5 Å². The highest BCUT2D eigenvalue weighted by Crippen LogP contribution is 2.69. The van der Waals surface area contributed by atoms with Gasteiger partial charge < -0.3 is 23.7 Å². The van der Waals surface area contributed by atoms with Crippen LogP contribution >= 0.6 is 0 Å². The normalized spacial score (nSPS) is 40.1. The van der Waals surface area contributed by atoms with Gasteiger partial charge in [-0.1, -0.05) is 20.3 Å². The van der Waals surface area contributed by atoms with Gasteiger partial charge in [-0.2, -0.15) is 0 Å². The van der Waals surface area contributed by atoms with Crippen molar-refractivity contribution in [2.24, 2.45) is 22.7 Å². The predicted octanol–water partition coefficient (Wildman–Crippen LogP) is 3.80. The molecule has 2 saturated carbocycles. The lowest BCUT2D eigenvalue weighted by atomic mass is 9.42. The molecule has 0 aromatic carbocycles. The predicted molar refractivity (Wildman–Crippen MR) is 111 cm³/mol. The van der Waals surface area contributed by atoms with Gasteiger partial charge in [0.25, 0.3) is 0 Å². The average Bonchev–Trinajstić information content (AvgIpc) is 3.25. The Bertz CT molecular complexity index is 814. The number of aliphatic hydroxyl groups is 1. The number of epoxide rings is 1. The van der Waals surface area contributed by atoms with Crippen molar-refractivity contribution in [1.82, 2.24) is 0 Å². The molecule has 1 aromatic rings. The molecule has 1 N–H and O–H groups in total. The number of aliphatic hydroxyl groups excluding tert-OH is 1. The number of furan rings is 1. The molecule has 3 fully saturated rings. The number of rotatable bonds is 6. The van der Waals surface area contributed by atoms with Crippen molar-refractivity contribution < 1.29 is 33.3 Å². The monoisotopic (exact) mass is 434 g/mol. The Labute approximate surface area is 183 Å². The minimum atomic E-state index is -0.666. The number of esters is 2. The molecule has 2 heterocycles. The zero-order valence-corrected chi connectivity index (χ0v) is 18.9. The highest BCUT2D eigenvalue weighted by molar-refractivity contribution is 5.67. The maximum atomic E-state index is 12.1. The first-order valence-electron chi connectivity index (χ1n) is 11.3. The number of hydrogen-bond donors (Lipinski definition) is 1. The van der Waals surface area contributed by atoms with Crippen LogP contribution in [0, 0.1) is 22.7 Å². The van der Waals surface area contributed by atoms with E-state index in [-0.39, 0.29) is 35.8 Å². The van der Waals surface area contributed by atoms with Crippen LogP contribution in [0.1, 0.15) is 71.5 Å². The van der Waals surface area contributed by atoms with Crippen LogP contribution in [-0.2, 0) is 23.8 Å². The second kappa shape index (κ2) is 7.93. The molecule has 7 atom stereocenters. The smallest absolute Gasteiger partial charge is 0.302 e. The second-order valence-electron chi connectivity index (χ2n) is 10.1. The SMILES string of the molecule is CC(=O)OCC12C(OC(C)=O)CC(C)C(C)(CC(O)c3ccoc3)C1CCCC21CO1. The molecule has 1 aromatic heterocycles. The van der Waals surface area contributed by atoms with Gasteiger partial charge in [-0.25, -0.2) is 0 Å². The maximum Gasteiger partial charge on any atom is 0.302 e. The lowest BCUT2D eigenvalue weighted by Gasteiger charge is -2.63. The van der Waals surface area contributed by atoms with Crippen molar-refractivity contribution in [2.45, 2.75) is 77.6 Å². The standard InChI is InChI=1S/C24H34O7/c1-15-10-21(31-17(3)26)24(14-29-16(2)25)20(6-5-8-23(24)13-30-23)22(15,4)11-19(27)18-7-9-28-12-18/h7,9,12,15,19-21,27H,5-6,8,10-11,13-14H2,1-4H3. The summed E-state index contributed by atoms with van der Waals surface area (Å²) >= 11 is 0. The first kappa shape index (κ1) is 22.3. The van der Waals surface area contributed by atoms with E-state index in [1.165, 1.54) is 13.8 Å². The molecule has 2 aliphatic carbocycles. The fraction of sp³-hybridized carbons (Fsp3) is 0.750. The molecule has 0 amide bonds. The Morgan fingerprint density at radius 2 is 2.06 bits per heavy atom. The van der Waals surface area contributed by atoms with Crippen molar-refractivity contribution in [3.05, 3.63) is 24.2 Å². The third-order valence-corrected chi connectivity index (χ3v) is 8.48. The number of carbonyl (C=O) groups excluding carboxylic acids is 2. The van der Waals surface area contributed by atoms with Crippen molar-refractivity contribution in [3.63, 3.8) is 0 Å². The van der Waals surface area contributed by atoms with E-state index in [1.54, 1.807) is 18.6 Å². The van der Waals surface area contributed by atoms with Gasteiger partial charge in [0.2, 0.25) is 0 Å². The van der Waals surface area contributed by atoms with E-state index in [0.717, 1.165) is 24.8 Å². The summed E-state index contributed by atoms with van der Waals surface area (Å²) in [7, 11) is 0. The van der Waals surface area contributed by atoms with Gasteiger partial charge in [0.15, 0.2) is 0 Å². The van der Waals surface area contributed by atoms with Crippen LogP contribution in [0.25, 0.3) is 0 Å². The molecule has 4 rings (SSSR count). The molecule has 1 aliphatic heterocycles. The average molecular weight is 435 g/mol. The van der Waals surface area contributed by atoms with Gasteiger partial charge in [-0.05, 0) is 49.0 Å². The minimum absolute atomic E-state index is 0.0604. The summed E-state index contributed by atoms with van der Waals surface area (Å²) < 4.78 is 22.9. The van der Waals surface area contributed by atoms with Crippen molar-refractivity contribution in [2.75, 3.05) is 13.2 Å². The quantitative estimate of drug-likeness (QED) is 0.537. The molecular weight excluding hydrogens is 400 g/mol. The summed E-state index contributed by atoms with van der Waals surface area (Å²) in [6, 6.07) is 1.79. The van der Waals surface area contributed by atoms with Crippen LogP contribution in [0.15, 0.2) is 23.0 Å². The molecule has 172 valence electrons. The Kier molecular flexibility index (Phi) is 5.71. The first-order valence-corrected chi connectivity index (χ1v) is 11.3. The third kappa shape index (κ3) is 3.59. The largest absolute Gasteiger partial charge is 0.472 e. The van der Waals surface area contributed by atoms with Crippen molar-refractivity contribution in [1.29, 1.82) is 0 Å². The van der Waals surface area contributed by atoms with Crippen LogP contribution in [-0.4, -0.2) is 42.0 Å². The summed E-state index contributed by atoms with van der Waals surface area (Å²) in [4.78, 5) is 23.9. The van der Waals surface area contributed by atoms with Gasteiger partial charge in [0.1, 0.15) is 18.3 Å². The van der Waals surface area contributed by atoms with Gasteiger partial charge in [-0.15, -0.1) is 0 Å². The summed E-state index contributed by atoms with van der Waals surface area (Å²) in [5, 5.41) is 11.0.